The maximum absolute atomic E-state index is 13.3. The van der Waals surface area contributed by atoms with Crippen LogP contribution in [0.3, 0.4) is 0 Å². The van der Waals surface area contributed by atoms with Crippen molar-refractivity contribution in [2.45, 2.75) is 40.2 Å². The monoisotopic (exact) mass is 439 g/mol. The molecule has 32 heavy (non-hydrogen) atoms. The molecule has 7 heteroatoms. The average Bonchev–Trinajstić information content (AvgIpc) is 2.95. The minimum absolute atomic E-state index is 0.217. The smallest absolute Gasteiger partial charge is 0.325 e. The second-order valence-corrected chi connectivity index (χ2v) is 9.46. The van der Waals surface area contributed by atoms with Gasteiger partial charge in [-0.05, 0) is 53.3 Å². The molecule has 172 valence electrons. The molecule has 1 atom stereocenters. The SMILES string of the molecule is COc1ccc2cc(C3(C)NC(=O)N(CC(=O)N(CC(C)C)CC(C)C)C3=O)ccc2c1. The summed E-state index contributed by atoms with van der Waals surface area (Å²) in [5.74, 6) is 0.701. The second-order valence-electron chi connectivity index (χ2n) is 9.46. The Morgan fingerprint density at radius 1 is 1.03 bits per heavy atom. The number of carbonyl (C=O) groups excluding carboxylic acids is 3. The quantitative estimate of drug-likeness (QED) is 0.636. The molecule has 0 bridgehead atoms. The van der Waals surface area contributed by atoms with Crippen LogP contribution in [0.2, 0.25) is 0 Å². The number of methoxy groups -OCH3 is 1. The zero-order valence-electron chi connectivity index (χ0n) is 19.8. The first kappa shape index (κ1) is 23.6. The summed E-state index contributed by atoms with van der Waals surface area (Å²) in [5, 5.41) is 4.70. The highest BCUT2D eigenvalue weighted by Gasteiger charge is 2.49. The van der Waals surface area contributed by atoms with Gasteiger partial charge in [0.15, 0.2) is 0 Å². The van der Waals surface area contributed by atoms with E-state index >= 15 is 0 Å². The molecule has 1 aliphatic heterocycles. The number of nitrogens with one attached hydrogen (secondary N) is 1. The summed E-state index contributed by atoms with van der Waals surface area (Å²) in [4.78, 5) is 41.8. The third-order valence-electron chi connectivity index (χ3n) is 5.72. The Morgan fingerprint density at radius 2 is 1.62 bits per heavy atom. The van der Waals surface area contributed by atoms with Crippen LogP contribution in [0.25, 0.3) is 10.8 Å². The number of urea groups is 1. The maximum atomic E-state index is 13.3. The van der Waals surface area contributed by atoms with Gasteiger partial charge >= 0.3 is 6.03 Å². The number of rotatable bonds is 8. The molecule has 0 radical (unpaired) electrons. The Balaban J connectivity index is 1.84. The fraction of sp³-hybridized carbons (Fsp3) is 0.480. The summed E-state index contributed by atoms with van der Waals surface area (Å²) in [7, 11) is 1.61. The van der Waals surface area contributed by atoms with Crippen LogP contribution in [-0.2, 0) is 15.1 Å². The molecular formula is C25H33N3O4. The molecule has 1 unspecified atom stereocenters. The van der Waals surface area contributed by atoms with Crippen molar-refractivity contribution in [3.8, 4) is 5.75 Å². The molecule has 7 nitrogen and oxygen atoms in total. The number of fused-ring (bicyclic) bond motifs is 1. The Morgan fingerprint density at radius 3 is 2.22 bits per heavy atom. The predicted octanol–water partition coefficient (Wildman–Crippen LogP) is 3.76. The molecule has 1 N–H and O–H groups in total. The first-order valence-corrected chi connectivity index (χ1v) is 11.0. The Labute approximate surface area is 189 Å². The molecule has 1 saturated heterocycles. The highest BCUT2D eigenvalue weighted by atomic mass is 16.5. The molecule has 0 saturated carbocycles. The third kappa shape index (κ3) is 4.71. The molecule has 1 aliphatic rings. The summed E-state index contributed by atoms with van der Waals surface area (Å²) in [6, 6.07) is 10.8. The predicted molar refractivity (Wildman–Crippen MR) is 124 cm³/mol. The number of carbonyl (C=O) groups is 3. The third-order valence-corrected chi connectivity index (χ3v) is 5.72. The summed E-state index contributed by atoms with van der Waals surface area (Å²) in [6.07, 6.45) is 0. The molecule has 0 spiro atoms. The number of imide groups is 1. The number of nitrogens with zero attached hydrogens (tertiary/aromatic N) is 2. The van der Waals surface area contributed by atoms with E-state index in [1.807, 2.05) is 64.1 Å². The lowest BCUT2D eigenvalue weighted by Crippen LogP contribution is -2.46. The van der Waals surface area contributed by atoms with Crippen molar-refractivity contribution in [2.75, 3.05) is 26.7 Å². The number of benzene rings is 2. The van der Waals surface area contributed by atoms with Gasteiger partial charge in [0, 0.05) is 13.1 Å². The standard InChI is InChI=1S/C25H33N3O4/c1-16(2)13-27(14-17(3)4)22(29)15-28-23(30)25(5,26-24(28)31)20-9-7-19-12-21(32-6)10-8-18(19)11-20/h7-12,16-17H,13-15H2,1-6H3,(H,26,31). The van der Waals surface area contributed by atoms with E-state index in [4.69, 9.17) is 4.74 Å². The topological polar surface area (TPSA) is 79.0 Å². The number of amides is 4. The minimum atomic E-state index is -1.23. The number of hydrogen-bond acceptors (Lipinski definition) is 4. The van der Waals surface area contributed by atoms with Gasteiger partial charge in [0.25, 0.3) is 5.91 Å². The van der Waals surface area contributed by atoms with Gasteiger partial charge < -0.3 is 15.0 Å². The van der Waals surface area contributed by atoms with E-state index in [1.165, 1.54) is 0 Å². The van der Waals surface area contributed by atoms with Crippen molar-refractivity contribution >= 4 is 28.6 Å². The van der Waals surface area contributed by atoms with Crippen LogP contribution in [0.4, 0.5) is 4.79 Å². The van der Waals surface area contributed by atoms with Crippen LogP contribution in [0.15, 0.2) is 36.4 Å². The molecule has 4 amide bonds. The first-order chi connectivity index (χ1) is 15.0. The van der Waals surface area contributed by atoms with Crippen molar-refractivity contribution in [1.29, 1.82) is 0 Å². The van der Waals surface area contributed by atoms with Crippen molar-refractivity contribution in [3.05, 3.63) is 42.0 Å². The lowest BCUT2D eigenvalue weighted by Gasteiger charge is -2.28. The molecule has 2 aromatic carbocycles. The highest BCUT2D eigenvalue weighted by molar-refractivity contribution is 6.09. The summed E-state index contributed by atoms with van der Waals surface area (Å²) >= 11 is 0. The Bertz CT molecular complexity index is 1020. The lowest BCUT2D eigenvalue weighted by molar-refractivity contribution is -0.139. The molecule has 0 aromatic heterocycles. The van der Waals surface area contributed by atoms with Gasteiger partial charge in [0.05, 0.1) is 7.11 Å². The van der Waals surface area contributed by atoms with E-state index in [0.717, 1.165) is 21.4 Å². The van der Waals surface area contributed by atoms with Crippen LogP contribution < -0.4 is 10.1 Å². The van der Waals surface area contributed by atoms with Gasteiger partial charge in [-0.1, -0.05) is 45.9 Å². The maximum Gasteiger partial charge on any atom is 0.325 e. The van der Waals surface area contributed by atoms with Crippen LogP contribution in [0.5, 0.6) is 5.75 Å². The van der Waals surface area contributed by atoms with Crippen molar-refractivity contribution in [1.82, 2.24) is 15.1 Å². The van der Waals surface area contributed by atoms with E-state index < -0.39 is 17.5 Å². The summed E-state index contributed by atoms with van der Waals surface area (Å²) in [5.41, 5.74) is -0.559. The van der Waals surface area contributed by atoms with E-state index in [9.17, 15) is 14.4 Å². The van der Waals surface area contributed by atoms with Crippen molar-refractivity contribution < 1.29 is 19.1 Å². The molecule has 1 fully saturated rings. The molecule has 2 aromatic rings. The van der Waals surface area contributed by atoms with E-state index in [1.54, 1.807) is 18.9 Å². The highest BCUT2D eigenvalue weighted by Crippen LogP contribution is 2.32. The molecule has 3 rings (SSSR count). The zero-order valence-corrected chi connectivity index (χ0v) is 19.8. The van der Waals surface area contributed by atoms with Crippen LogP contribution in [-0.4, -0.2) is 54.4 Å². The van der Waals surface area contributed by atoms with Gasteiger partial charge in [0.1, 0.15) is 17.8 Å². The molecular weight excluding hydrogens is 406 g/mol. The number of hydrogen-bond donors (Lipinski definition) is 1. The summed E-state index contributed by atoms with van der Waals surface area (Å²) < 4.78 is 5.27. The fourth-order valence-electron chi connectivity index (χ4n) is 4.09. The fourth-order valence-corrected chi connectivity index (χ4v) is 4.09. The van der Waals surface area contributed by atoms with Gasteiger partial charge in [-0.15, -0.1) is 0 Å². The Hall–Kier alpha value is -3.09. The van der Waals surface area contributed by atoms with Crippen LogP contribution in [0, 0.1) is 11.8 Å². The van der Waals surface area contributed by atoms with Crippen molar-refractivity contribution in [2.24, 2.45) is 11.8 Å². The summed E-state index contributed by atoms with van der Waals surface area (Å²) in [6.45, 7) is 10.8. The molecule has 0 aliphatic carbocycles. The lowest BCUT2D eigenvalue weighted by atomic mass is 9.90. The first-order valence-electron chi connectivity index (χ1n) is 11.0. The van der Waals surface area contributed by atoms with Crippen LogP contribution >= 0.6 is 0 Å². The van der Waals surface area contributed by atoms with Crippen molar-refractivity contribution in [3.63, 3.8) is 0 Å². The number of ether oxygens (including phenoxy) is 1. The average molecular weight is 440 g/mol. The zero-order chi connectivity index (χ0) is 23.6. The second kappa shape index (κ2) is 9.18. The van der Waals surface area contributed by atoms with E-state index in [0.29, 0.717) is 30.5 Å². The van der Waals surface area contributed by atoms with Gasteiger partial charge in [-0.2, -0.15) is 0 Å². The Kier molecular flexibility index (Phi) is 6.77. The van der Waals surface area contributed by atoms with Gasteiger partial charge in [-0.25, -0.2) is 4.79 Å². The minimum Gasteiger partial charge on any atom is -0.497 e. The largest absolute Gasteiger partial charge is 0.497 e. The van der Waals surface area contributed by atoms with E-state index in [-0.39, 0.29) is 12.5 Å². The van der Waals surface area contributed by atoms with Crippen LogP contribution in [0.1, 0.15) is 40.2 Å². The van der Waals surface area contributed by atoms with Gasteiger partial charge in [-0.3, -0.25) is 14.5 Å². The normalized spacial score (nSPS) is 18.6. The van der Waals surface area contributed by atoms with E-state index in [2.05, 4.69) is 5.32 Å². The molecule has 1 heterocycles. The van der Waals surface area contributed by atoms with Gasteiger partial charge in [0.2, 0.25) is 5.91 Å².